The third-order valence-corrected chi connectivity index (χ3v) is 8.83. The van der Waals surface area contributed by atoms with Gasteiger partial charge in [-0.05, 0) is 48.1 Å². The normalized spacial score (nSPS) is 11.1. The predicted octanol–water partition coefficient (Wildman–Crippen LogP) is 12.4. The Morgan fingerprint density at radius 3 is 1.58 bits per heavy atom. The zero-order valence-corrected chi connectivity index (χ0v) is 28.3. The summed E-state index contributed by atoms with van der Waals surface area (Å²) in [5.41, 5.74) is 4.65. The van der Waals surface area contributed by atoms with Crippen molar-refractivity contribution < 1.29 is 14.3 Å². The maximum Gasteiger partial charge on any atom is 0.174 e. The number of rotatable bonds is 25. The first-order valence-corrected chi connectivity index (χ1v) is 18.1. The fourth-order valence-corrected chi connectivity index (χ4v) is 5.94. The molecule has 3 heteroatoms. The lowest BCUT2D eigenvalue weighted by molar-refractivity contribution is 0.0892. The smallest absolute Gasteiger partial charge is 0.174 e. The van der Waals surface area contributed by atoms with E-state index in [2.05, 4.69) is 38.1 Å². The number of hydrogen-bond donors (Lipinski definition) is 0. The van der Waals surface area contributed by atoms with E-state index in [1.807, 2.05) is 42.5 Å². The molecule has 0 saturated heterocycles. The maximum atomic E-state index is 13.1. The van der Waals surface area contributed by atoms with Crippen molar-refractivity contribution in [1.82, 2.24) is 0 Å². The second-order valence-electron chi connectivity index (χ2n) is 12.7. The van der Waals surface area contributed by atoms with E-state index in [1.54, 1.807) is 6.07 Å². The molecule has 0 fully saturated rings. The first-order valence-electron chi connectivity index (χ1n) is 18.1. The van der Waals surface area contributed by atoms with Crippen LogP contribution in [0.1, 0.15) is 156 Å². The van der Waals surface area contributed by atoms with E-state index < -0.39 is 0 Å². The molecule has 0 bridgehead atoms. The molecular weight excluding hydrogens is 552 g/mol. The number of carbonyl (C=O) groups is 2. The van der Waals surface area contributed by atoms with Crippen LogP contribution in [0.3, 0.4) is 0 Å². The van der Waals surface area contributed by atoms with Crippen LogP contribution >= 0.6 is 0 Å². The van der Waals surface area contributed by atoms with Gasteiger partial charge in [-0.1, -0.05) is 171 Å². The van der Waals surface area contributed by atoms with Gasteiger partial charge < -0.3 is 4.74 Å². The number of Topliss-reactive ketones (excluding diaryl/α,β-unsaturated/α-hetero) is 2. The van der Waals surface area contributed by atoms with Crippen molar-refractivity contribution in [2.24, 2.45) is 0 Å². The summed E-state index contributed by atoms with van der Waals surface area (Å²) in [6.45, 7) is 5.10. The van der Waals surface area contributed by atoms with E-state index in [1.165, 1.54) is 102 Å². The van der Waals surface area contributed by atoms with Crippen molar-refractivity contribution in [3.05, 3.63) is 89.5 Å². The topological polar surface area (TPSA) is 43.4 Å². The highest BCUT2D eigenvalue weighted by Gasteiger charge is 2.17. The Balaban J connectivity index is 1.40. The summed E-state index contributed by atoms with van der Waals surface area (Å²) in [6.07, 6.45) is 23.0. The number of ether oxygens (including phenoxy) is 1. The van der Waals surface area contributed by atoms with Crippen molar-refractivity contribution in [3.63, 3.8) is 0 Å². The predicted molar refractivity (Wildman–Crippen MR) is 191 cm³/mol. The van der Waals surface area contributed by atoms with E-state index in [9.17, 15) is 9.59 Å². The molecule has 0 unspecified atom stereocenters. The zero-order chi connectivity index (χ0) is 32.0. The molecule has 45 heavy (non-hydrogen) atoms. The average Bonchev–Trinajstić information content (AvgIpc) is 3.07. The number of ketones is 2. The number of carbonyl (C=O) groups excluding carboxylic acids is 2. The van der Waals surface area contributed by atoms with Crippen LogP contribution in [0.5, 0.6) is 5.75 Å². The Bertz CT molecular complexity index is 1230. The van der Waals surface area contributed by atoms with Gasteiger partial charge in [0.1, 0.15) is 5.75 Å². The molecule has 0 spiro atoms. The van der Waals surface area contributed by atoms with Crippen LogP contribution in [-0.4, -0.2) is 18.2 Å². The molecule has 0 aliphatic rings. The van der Waals surface area contributed by atoms with E-state index in [0.717, 1.165) is 30.4 Å². The minimum atomic E-state index is -0.197. The molecule has 0 aliphatic heterocycles. The summed E-state index contributed by atoms with van der Waals surface area (Å²) in [6, 6.07) is 23.7. The van der Waals surface area contributed by atoms with E-state index in [0.29, 0.717) is 23.5 Å². The van der Waals surface area contributed by atoms with Gasteiger partial charge in [-0.15, -0.1) is 0 Å². The highest BCUT2D eigenvalue weighted by atomic mass is 16.5. The summed E-state index contributed by atoms with van der Waals surface area (Å²) in [5.74, 6) is 0.214. The highest BCUT2D eigenvalue weighted by molar-refractivity contribution is 6.14. The molecule has 0 amide bonds. The van der Waals surface area contributed by atoms with Gasteiger partial charge in [0.15, 0.2) is 11.6 Å². The Morgan fingerprint density at radius 2 is 1.00 bits per heavy atom. The second-order valence-corrected chi connectivity index (χ2v) is 12.7. The van der Waals surface area contributed by atoms with Crippen molar-refractivity contribution >= 4 is 11.6 Å². The van der Waals surface area contributed by atoms with Crippen LogP contribution in [0.15, 0.2) is 72.8 Å². The minimum absolute atomic E-state index is 0.162. The molecule has 3 rings (SSSR count). The summed E-state index contributed by atoms with van der Waals surface area (Å²) < 4.78 is 5.97. The molecule has 0 atom stereocenters. The van der Waals surface area contributed by atoms with Gasteiger partial charge in [0.2, 0.25) is 0 Å². The quantitative estimate of drug-likeness (QED) is 0.0544. The molecule has 0 radical (unpaired) electrons. The van der Waals surface area contributed by atoms with Crippen molar-refractivity contribution in [2.75, 3.05) is 6.61 Å². The number of aryl methyl sites for hydroxylation is 1. The lowest BCUT2D eigenvalue weighted by Crippen LogP contribution is -2.11. The van der Waals surface area contributed by atoms with Crippen molar-refractivity contribution in [2.45, 2.75) is 136 Å². The first kappa shape index (κ1) is 36.3. The number of unbranched alkanes of at least 4 members (excludes halogenated alkanes) is 15. The minimum Gasteiger partial charge on any atom is -0.493 e. The third kappa shape index (κ3) is 14.2. The van der Waals surface area contributed by atoms with Gasteiger partial charge in [0.25, 0.3) is 0 Å². The average molecular weight is 611 g/mol. The van der Waals surface area contributed by atoms with Crippen molar-refractivity contribution in [1.29, 1.82) is 0 Å². The summed E-state index contributed by atoms with van der Waals surface area (Å²) in [4.78, 5) is 26.1. The summed E-state index contributed by atoms with van der Waals surface area (Å²) in [7, 11) is 0. The third-order valence-electron chi connectivity index (χ3n) is 8.83. The monoisotopic (exact) mass is 610 g/mol. The van der Waals surface area contributed by atoms with Gasteiger partial charge in [-0.25, -0.2) is 0 Å². The standard InChI is InChI=1S/C42H58O3/c1-3-5-7-9-11-12-13-14-16-18-22-35-25-27-36(28-26-35)37-29-31-38(32-30-37)40(43)34-41(44)39-23-19-20-24-42(39)45-33-21-17-15-10-8-6-4-2/h19-20,23-32H,3-18,21-22,33-34H2,1-2H3. The Morgan fingerprint density at radius 1 is 0.511 bits per heavy atom. The lowest BCUT2D eigenvalue weighted by Gasteiger charge is -2.11. The number of benzene rings is 3. The molecule has 3 aromatic carbocycles. The number of hydrogen-bond acceptors (Lipinski definition) is 3. The molecule has 244 valence electrons. The molecule has 0 heterocycles. The van der Waals surface area contributed by atoms with Crippen LogP contribution < -0.4 is 4.74 Å². The van der Waals surface area contributed by atoms with Crippen LogP contribution in [0, 0.1) is 0 Å². The van der Waals surface area contributed by atoms with Crippen LogP contribution in [0.25, 0.3) is 11.1 Å². The Labute approximate surface area is 274 Å². The molecule has 0 N–H and O–H groups in total. The maximum absolute atomic E-state index is 13.1. The largest absolute Gasteiger partial charge is 0.493 e. The van der Waals surface area contributed by atoms with Gasteiger partial charge in [0.05, 0.1) is 18.6 Å². The van der Waals surface area contributed by atoms with Crippen molar-refractivity contribution in [3.8, 4) is 16.9 Å². The molecule has 0 aromatic heterocycles. The zero-order valence-electron chi connectivity index (χ0n) is 28.3. The van der Waals surface area contributed by atoms with E-state index in [-0.39, 0.29) is 18.0 Å². The Kier molecular flexibility index (Phi) is 18.0. The van der Waals surface area contributed by atoms with Gasteiger partial charge >= 0.3 is 0 Å². The fraction of sp³-hybridized carbons (Fsp3) is 0.524. The SMILES string of the molecule is CCCCCCCCCCCCc1ccc(-c2ccc(C(=O)CC(=O)c3ccccc3OCCCCCCCCC)cc2)cc1. The van der Waals surface area contributed by atoms with Crippen LogP contribution in [-0.2, 0) is 6.42 Å². The molecular formula is C42H58O3. The first-order chi connectivity index (χ1) is 22.1. The van der Waals surface area contributed by atoms with Crippen LogP contribution in [0.4, 0.5) is 0 Å². The van der Waals surface area contributed by atoms with Gasteiger partial charge in [-0.2, -0.15) is 0 Å². The number of para-hydroxylation sites is 1. The molecule has 0 saturated carbocycles. The molecule has 0 aliphatic carbocycles. The fourth-order valence-electron chi connectivity index (χ4n) is 5.94. The molecule has 3 nitrogen and oxygen atoms in total. The lowest BCUT2D eigenvalue weighted by atomic mass is 9.97. The second kappa shape index (κ2) is 22.3. The van der Waals surface area contributed by atoms with E-state index >= 15 is 0 Å². The summed E-state index contributed by atoms with van der Waals surface area (Å²) in [5, 5.41) is 0. The Hall–Kier alpha value is -3.20. The van der Waals surface area contributed by atoms with E-state index in [4.69, 9.17) is 4.74 Å². The van der Waals surface area contributed by atoms with Gasteiger partial charge in [-0.3, -0.25) is 9.59 Å². The summed E-state index contributed by atoms with van der Waals surface area (Å²) >= 11 is 0. The van der Waals surface area contributed by atoms with Crippen LogP contribution in [0.2, 0.25) is 0 Å². The molecule has 3 aromatic rings. The highest BCUT2D eigenvalue weighted by Crippen LogP contribution is 2.24. The van der Waals surface area contributed by atoms with Gasteiger partial charge in [0, 0.05) is 5.56 Å².